The summed E-state index contributed by atoms with van der Waals surface area (Å²) in [5, 5.41) is 12.4. The molecular formula is C23H29Cl2N3O4. The number of hydrogen-bond donors (Lipinski definition) is 2. The molecule has 2 N–H and O–H groups in total. The summed E-state index contributed by atoms with van der Waals surface area (Å²) in [5.41, 5.74) is 0.772. The molecule has 2 aliphatic heterocycles. The van der Waals surface area contributed by atoms with Crippen molar-refractivity contribution in [2.45, 2.75) is 38.5 Å². The number of rotatable bonds is 5. The van der Waals surface area contributed by atoms with Gasteiger partial charge in [-0.05, 0) is 43.4 Å². The van der Waals surface area contributed by atoms with Crippen LogP contribution in [0.3, 0.4) is 0 Å². The van der Waals surface area contributed by atoms with Crippen LogP contribution in [-0.2, 0) is 9.59 Å². The fraction of sp³-hybridized carbons (Fsp3) is 0.609. The van der Waals surface area contributed by atoms with Crippen molar-refractivity contribution in [3.05, 3.63) is 33.8 Å². The highest BCUT2D eigenvalue weighted by atomic mass is 35.5. The molecular weight excluding hydrogens is 453 g/mol. The molecule has 0 aromatic heterocycles. The molecule has 2 atom stereocenters. The van der Waals surface area contributed by atoms with Crippen molar-refractivity contribution in [1.29, 1.82) is 0 Å². The second-order valence-electron chi connectivity index (χ2n) is 9.60. The molecule has 0 radical (unpaired) electrons. The minimum absolute atomic E-state index is 0.0305. The van der Waals surface area contributed by atoms with Gasteiger partial charge in [-0.15, -0.1) is 0 Å². The van der Waals surface area contributed by atoms with Gasteiger partial charge in [-0.1, -0.05) is 36.2 Å². The molecule has 174 valence electrons. The number of hydrogen-bond acceptors (Lipinski definition) is 3. The Hall–Kier alpha value is -1.99. The monoisotopic (exact) mass is 481 g/mol. The zero-order valence-corrected chi connectivity index (χ0v) is 19.7. The third-order valence-electron chi connectivity index (χ3n) is 7.29. The van der Waals surface area contributed by atoms with Crippen LogP contribution in [0.5, 0.6) is 0 Å². The van der Waals surface area contributed by atoms with E-state index in [9.17, 15) is 14.4 Å². The van der Waals surface area contributed by atoms with E-state index in [-0.39, 0.29) is 41.5 Å². The Morgan fingerprint density at radius 3 is 2.38 bits per heavy atom. The third kappa shape index (κ3) is 4.84. The highest BCUT2D eigenvalue weighted by molar-refractivity contribution is 6.42. The van der Waals surface area contributed by atoms with Gasteiger partial charge >= 0.3 is 6.09 Å². The zero-order valence-electron chi connectivity index (χ0n) is 18.2. The summed E-state index contributed by atoms with van der Waals surface area (Å²) in [6.07, 6.45) is 2.18. The highest BCUT2D eigenvalue weighted by Crippen LogP contribution is 2.47. The molecule has 1 aliphatic carbocycles. The molecule has 0 spiro atoms. The molecule has 1 aromatic rings. The molecule has 7 nitrogen and oxygen atoms in total. The van der Waals surface area contributed by atoms with E-state index in [2.05, 4.69) is 5.32 Å². The standard InChI is InChI=1S/C23H29Cl2N3O4/c1-23(6-7-23)21(30)27-8-4-14(5-9-27)20(29)28-12-16(11-26-22(31)32)17(13-28)15-2-3-18(24)19(25)10-15/h2-3,10,14,16-17,26H,4-9,11-13H2,1H3,(H,31,32)/t16-,17-/m1/s1. The van der Waals surface area contributed by atoms with Crippen molar-refractivity contribution < 1.29 is 19.5 Å². The van der Waals surface area contributed by atoms with Crippen molar-refractivity contribution >= 4 is 41.1 Å². The number of piperidine rings is 1. The van der Waals surface area contributed by atoms with E-state index in [1.54, 1.807) is 12.1 Å². The first kappa shape index (κ1) is 23.2. The molecule has 3 fully saturated rings. The van der Waals surface area contributed by atoms with Crippen LogP contribution in [-0.4, -0.2) is 65.5 Å². The Bertz CT molecular complexity index is 913. The summed E-state index contributed by atoms with van der Waals surface area (Å²) in [7, 11) is 0. The molecule has 4 rings (SSSR count). The lowest BCUT2D eigenvalue weighted by Crippen LogP contribution is -2.46. The van der Waals surface area contributed by atoms with Gasteiger partial charge in [0.2, 0.25) is 11.8 Å². The minimum Gasteiger partial charge on any atom is -0.465 e. The van der Waals surface area contributed by atoms with E-state index in [0.29, 0.717) is 49.1 Å². The SMILES string of the molecule is CC1(C(=O)N2CCC(C(=O)N3C[C@@H](CNC(=O)O)[C@@H](c4ccc(Cl)c(Cl)c4)C3)CC2)CC1. The molecule has 2 heterocycles. The average Bonchev–Trinajstić information content (AvgIpc) is 3.38. The fourth-order valence-corrected chi connectivity index (χ4v) is 5.27. The van der Waals surface area contributed by atoms with Gasteiger partial charge in [0.1, 0.15) is 0 Å². The summed E-state index contributed by atoms with van der Waals surface area (Å²) in [4.78, 5) is 40.7. The van der Waals surface area contributed by atoms with Gasteiger partial charge in [-0.3, -0.25) is 9.59 Å². The maximum Gasteiger partial charge on any atom is 0.404 e. The number of carbonyl (C=O) groups excluding carboxylic acids is 2. The van der Waals surface area contributed by atoms with Gasteiger partial charge in [-0.25, -0.2) is 4.79 Å². The van der Waals surface area contributed by atoms with E-state index in [1.165, 1.54) is 0 Å². The Labute approximate surface area is 198 Å². The van der Waals surface area contributed by atoms with Gasteiger partial charge < -0.3 is 20.2 Å². The zero-order chi connectivity index (χ0) is 23.0. The predicted molar refractivity (Wildman–Crippen MR) is 122 cm³/mol. The molecule has 3 aliphatic rings. The molecule has 1 aromatic carbocycles. The van der Waals surface area contributed by atoms with Gasteiger partial charge in [0.05, 0.1) is 10.0 Å². The summed E-state index contributed by atoms with van der Waals surface area (Å²) < 4.78 is 0. The molecule has 0 unspecified atom stereocenters. The third-order valence-corrected chi connectivity index (χ3v) is 8.03. The Balaban J connectivity index is 1.41. The molecule has 3 amide bonds. The van der Waals surface area contributed by atoms with Crippen LogP contribution >= 0.6 is 23.2 Å². The lowest BCUT2D eigenvalue weighted by molar-refractivity contribution is -0.142. The Morgan fingerprint density at radius 1 is 1.09 bits per heavy atom. The summed E-state index contributed by atoms with van der Waals surface area (Å²) >= 11 is 12.3. The first-order chi connectivity index (χ1) is 15.2. The van der Waals surface area contributed by atoms with Gasteiger partial charge in [0, 0.05) is 55.9 Å². The molecule has 32 heavy (non-hydrogen) atoms. The van der Waals surface area contributed by atoms with Crippen molar-refractivity contribution in [2.75, 3.05) is 32.7 Å². The first-order valence-electron chi connectivity index (χ1n) is 11.2. The van der Waals surface area contributed by atoms with E-state index in [1.807, 2.05) is 22.8 Å². The Morgan fingerprint density at radius 2 is 1.78 bits per heavy atom. The highest BCUT2D eigenvalue weighted by Gasteiger charge is 2.48. The van der Waals surface area contributed by atoms with Gasteiger partial charge in [-0.2, -0.15) is 0 Å². The summed E-state index contributed by atoms with van der Waals surface area (Å²) in [6.45, 7) is 4.53. The topological polar surface area (TPSA) is 90.0 Å². The van der Waals surface area contributed by atoms with Crippen LogP contribution < -0.4 is 5.32 Å². The average molecular weight is 482 g/mol. The van der Waals surface area contributed by atoms with Crippen LogP contribution in [0, 0.1) is 17.3 Å². The first-order valence-corrected chi connectivity index (χ1v) is 11.9. The molecule has 2 saturated heterocycles. The number of likely N-dealkylation sites (tertiary alicyclic amines) is 2. The molecule has 0 bridgehead atoms. The normalized spacial score (nSPS) is 25.0. The van der Waals surface area contributed by atoms with Crippen LogP contribution in [0.15, 0.2) is 18.2 Å². The number of carboxylic acid groups (broad SMARTS) is 1. The van der Waals surface area contributed by atoms with Crippen molar-refractivity contribution in [2.24, 2.45) is 17.3 Å². The predicted octanol–water partition coefficient (Wildman–Crippen LogP) is 3.84. The second-order valence-corrected chi connectivity index (χ2v) is 10.4. The second kappa shape index (κ2) is 9.10. The van der Waals surface area contributed by atoms with E-state index in [4.69, 9.17) is 28.3 Å². The maximum absolute atomic E-state index is 13.3. The lowest BCUT2D eigenvalue weighted by Gasteiger charge is -2.34. The number of halogens is 2. The smallest absolute Gasteiger partial charge is 0.404 e. The van der Waals surface area contributed by atoms with Crippen LogP contribution in [0.4, 0.5) is 4.79 Å². The van der Waals surface area contributed by atoms with Crippen molar-refractivity contribution in [3.8, 4) is 0 Å². The molecule has 9 heteroatoms. The number of carbonyl (C=O) groups is 3. The lowest BCUT2D eigenvalue weighted by atomic mass is 9.89. The number of benzene rings is 1. The van der Waals surface area contributed by atoms with Crippen molar-refractivity contribution in [1.82, 2.24) is 15.1 Å². The van der Waals surface area contributed by atoms with Crippen LogP contribution in [0.2, 0.25) is 10.0 Å². The van der Waals surface area contributed by atoms with E-state index in [0.717, 1.165) is 18.4 Å². The Kier molecular flexibility index (Phi) is 6.59. The summed E-state index contributed by atoms with van der Waals surface area (Å²) in [6, 6.07) is 5.43. The fourth-order valence-electron chi connectivity index (χ4n) is 4.97. The van der Waals surface area contributed by atoms with Crippen LogP contribution in [0.25, 0.3) is 0 Å². The van der Waals surface area contributed by atoms with Crippen LogP contribution in [0.1, 0.15) is 44.1 Å². The number of nitrogens with zero attached hydrogens (tertiary/aromatic N) is 2. The van der Waals surface area contributed by atoms with Crippen molar-refractivity contribution in [3.63, 3.8) is 0 Å². The summed E-state index contributed by atoms with van der Waals surface area (Å²) in [5.74, 6) is 0.134. The van der Waals surface area contributed by atoms with Gasteiger partial charge in [0.25, 0.3) is 0 Å². The molecule has 1 saturated carbocycles. The van der Waals surface area contributed by atoms with Gasteiger partial charge in [0.15, 0.2) is 0 Å². The minimum atomic E-state index is -1.08. The number of nitrogens with one attached hydrogen (secondary N) is 1. The van der Waals surface area contributed by atoms with E-state index >= 15 is 0 Å². The quantitative estimate of drug-likeness (QED) is 0.668. The largest absolute Gasteiger partial charge is 0.465 e. The van der Waals surface area contributed by atoms with E-state index < -0.39 is 6.09 Å². The maximum atomic E-state index is 13.3. The number of amides is 3.